The van der Waals surface area contributed by atoms with Gasteiger partial charge in [0.2, 0.25) is 0 Å². The number of rotatable bonds is 7. The van der Waals surface area contributed by atoms with Gasteiger partial charge in [0.25, 0.3) is 5.56 Å². The van der Waals surface area contributed by atoms with Crippen molar-refractivity contribution in [3.05, 3.63) is 100 Å². The highest BCUT2D eigenvalue weighted by molar-refractivity contribution is 5.90. The fourth-order valence-electron chi connectivity index (χ4n) is 4.47. The van der Waals surface area contributed by atoms with Crippen LogP contribution >= 0.6 is 0 Å². The number of nitrogens with one attached hydrogen (secondary N) is 1. The number of carbonyl (C=O) groups is 1. The molecular weight excluding hydrogens is 436 g/mol. The van der Waals surface area contributed by atoms with Gasteiger partial charge in [0, 0.05) is 12.2 Å². The average molecular weight is 469 g/mol. The zero-order valence-corrected chi connectivity index (χ0v) is 20.8. The second kappa shape index (κ2) is 10.6. The van der Waals surface area contributed by atoms with Crippen molar-refractivity contribution in [1.82, 2.24) is 14.5 Å². The number of aromatic nitrogens is 2. The molecule has 0 fully saturated rings. The number of amides is 2. The molecule has 1 atom stereocenters. The number of fused-ring (bicyclic) bond motifs is 1. The van der Waals surface area contributed by atoms with Crippen LogP contribution in [-0.2, 0) is 0 Å². The Hall–Kier alpha value is -3.93. The minimum Gasteiger partial charge on any atom is -0.314 e. The zero-order chi connectivity index (χ0) is 24.9. The van der Waals surface area contributed by atoms with E-state index >= 15 is 0 Å². The van der Waals surface area contributed by atoms with Crippen molar-refractivity contribution in [3.63, 3.8) is 0 Å². The van der Waals surface area contributed by atoms with Gasteiger partial charge in [-0.2, -0.15) is 0 Å². The fraction of sp³-hybridized carbons (Fsp3) is 0.276. The van der Waals surface area contributed by atoms with Gasteiger partial charge >= 0.3 is 6.03 Å². The van der Waals surface area contributed by atoms with Crippen LogP contribution in [0, 0.1) is 13.8 Å². The van der Waals surface area contributed by atoms with E-state index < -0.39 is 6.04 Å². The van der Waals surface area contributed by atoms with Crippen molar-refractivity contribution in [1.29, 1.82) is 0 Å². The number of aryl methyl sites for hydroxylation is 2. The first-order valence-corrected chi connectivity index (χ1v) is 12.2. The molecule has 6 nitrogen and oxygen atoms in total. The number of hydrogen-bond donors (Lipinski definition) is 1. The van der Waals surface area contributed by atoms with Crippen LogP contribution in [0.4, 0.5) is 10.5 Å². The molecule has 0 saturated carbocycles. The summed E-state index contributed by atoms with van der Waals surface area (Å²) in [6.45, 7) is 8.57. The molecule has 3 aromatic carbocycles. The molecule has 0 saturated heterocycles. The van der Waals surface area contributed by atoms with Gasteiger partial charge in [0.05, 0.1) is 22.6 Å². The van der Waals surface area contributed by atoms with Crippen molar-refractivity contribution in [2.75, 3.05) is 11.9 Å². The van der Waals surface area contributed by atoms with Crippen molar-refractivity contribution in [2.24, 2.45) is 0 Å². The van der Waals surface area contributed by atoms with Gasteiger partial charge in [-0.1, -0.05) is 56.3 Å². The highest BCUT2D eigenvalue weighted by atomic mass is 16.2. The van der Waals surface area contributed by atoms with E-state index in [4.69, 9.17) is 4.98 Å². The zero-order valence-electron chi connectivity index (χ0n) is 20.8. The summed E-state index contributed by atoms with van der Waals surface area (Å²) < 4.78 is 1.67. The molecule has 0 aliphatic carbocycles. The average Bonchev–Trinajstić information content (AvgIpc) is 2.85. The number of nitrogens with zero attached hydrogens (tertiary/aromatic N) is 3. The van der Waals surface area contributed by atoms with Crippen LogP contribution < -0.4 is 10.9 Å². The lowest BCUT2D eigenvalue weighted by Crippen LogP contribution is -2.41. The molecule has 1 N–H and O–H groups in total. The summed E-state index contributed by atoms with van der Waals surface area (Å²) in [7, 11) is 0. The predicted octanol–water partition coefficient (Wildman–Crippen LogP) is 6.40. The minimum atomic E-state index is -0.392. The summed E-state index contributed by atoms with van der Waals surface area (Å²) in [6, 6.07) is 22.3. The summed E-state index contributed by atoms with van der Waals surface area (Å²) in [5, 5.41) is 3.63. The lowest BCUT2D eigenvalue weighted by Gasteiger charge is -2.32. The van der Waals surface area contributed by atoms with E-state index in [1.807, 2.05) is 94.4 Å². The van der Waals surface area contributed by atoms with Crippen LogP contribution in [0.15, 0.2) is 77.6 Å². The van der Waals surface area contributed by atoms with Crippen molar-refractivity contribution >= 4 is 22.6 Å². The van der Waals surface area contributed by atoms with Crippen molar-refractivity contribution in [2.45, 2.75) is 46.6 Å². The number of para-hydroxylation sites is 2. The molecule has 0 bridgehead atoms. The molecular formula is C29H32N4O2. The first-order chi connectivity index (χ1) is 16.9. The summed E-state index contributed by atoms with van der Waals surface area (Å²) in [4.78, 5) is 34.1. The third kappa shape index (κ3) is 4.97. The van der Waals surface area contributed by atoms with E-state index in [2.05, 4.69) is 5.32 Å². The number of carbonyl (C=O) groups excluding carboxylic acids is 1. The maximum Gasteiger partial charge on any atom is 0.322 e. The number of anilines is 1. The van der Waals surface area contributed by atoms with Gasteiger partial charge in [-0.3, -0.25) is 9.36 Å². The predicted molar refractivity (Wildman–Crippen MR) is 142 cm³/mol. The molecule has 4 aromatic rings. The summed E-state index contributed by atoms with van der Waals surface area (Å²) in [6.07, 6.45) is 1.39. The molecule has 2 amide bonds. The third-order valence-electron chi connectivity index (χ3n) is 6.23. The van der Waals surface area contributed by atoms with Crippen LogP contribution in [-0.4, -0.2) is 27.0 Å². The first kappa shape index (κ1) is 24.2. The van der Waals surface area contributed by atoms with E-state index in [0.29, 0.717) is 29.7 Å². The molecule has 180 valence electrons. The Labute approximate surface area is 206 Å². The number of urea groups is 1. The van der Waals surface area contributed by atoms with E-state index in [-0.39, 0.29) is 11.6 Å². The lowest BCUT2D eigenvalue weighted by atomic mass is 10.1. The minimum absolute atomic E-state index is 0.134. The van der Waals surface area contributed by atoms with Gasteiger partial charge in [0.15, 0.2) is 0 Å². The van der Waals surface area contributed by atoms with Crippen molar-refractivity contribution < 1.29 is 4.79 Å². The maximum absolute atomic E-state index is 13.8. The van der Waals surface area contributed by atoms with Crippen LogP contribution in [0.3, 0.4) is 0 Å². The SMILES string of the molecule is CCCN(C(=O)Nc1ccccc1C)C(CC)c1nc2ccccc2c(=O)n1-c1cccc(C)c1. The lowest BCUT2D eigenvalue weighted by molar-refractivity contribution is 0.181. The smallest absolute Gasteiger partial charge is 0.314 e. The van der Waals surface area contributed by atoms with Gasteiger partial charge < -0.3 is 10.2 Å². The summed E-state index contributed by atoms with van der Waals surface area (Å²) in [5.41, 5.74) is 4.06. The van der Waals surface area contributed by atoms with E-state index in [1.54, 1.807) is 15.5 Å². The Balaban J connectivity index is 1.88. The van der Waals surface area contributed by atoms with Gasteiger partial charge in [-0.15, -0.1) is 0 Å². The molecule has 0 radical (unpaired) electrons. The Morgan fingerprint density at radius 2 is 1.74 bits per heavy atom. The normalized spacial score (nSPS) is 11.9. The molecule has 0 spiro atoms. The van der Waals surface area contributed by atoms with Gasteiger partial charge in [-0.05, 0) is 68.1 Å². The molecule has 1 aromatic heterocycles. The molecule has 6 heteroatoms. The van der Waals surface area contributed by atoms with Gasteiger partial charge in [-0.25, -0.2) is 9.78 Å². The molecule has 0 aliphatic heterocycles. The molecule has 35 heavy (non-hydrogen) atoms. The summed E-state index contributed by atoms with van der Waals surface area (Å²) in [5.74, 6) is 0.565. The van der Waals surface area contributed by atoms with E-state index in [1.165, 1.54) is 0 Å². The maximum atomic E-state index is 13.8. The van der Waals surface area contributed by atoms with E-state index in [0.717, 1.165) is 28.9 Å². The Morgan fingerprint density at radius 3 is 2.46 bits per heavy atom. The second-order valence-electron chi connectivity index (χ2n) is 8.83. The Kier molecular flexibility index (Phi) is 7.30. The van der Waals surface area contributed by atoms with Crippen LogP contribution in [0.5, 0.6) is 0 Å². The Bertz CT molecular complexity index is 1410. The highest BCUT2D eigenvalue weighted by Gasteiger charge is 2.29. The fourth-order valence-corrected chi connectivity index (χ4v) is 4.47. The largest absolute Gasteiger partial charge is 0.322 e. The number of hydrogen-bond acceptors (Lipinski definition) is 3. The van der Waals surface area contributed by atoms with Crippen molar-refractivity contribution in [3.8, 4) is 5.69 Å². The third-order valence-corrected chi connectivity index (χ3v) is 6.23. The molecule has 1 heterocycles. The highest BCUT2D eigenvalue weighted by Crippen LogP contribution is 2.27. The van der Waals surface area contributed by atoms with Crippen LogP contribution in [0.1, 0.15) is 49.7 Å². The monoisotopic (exact) mass is 468 g/mol. The van der Waals surface area contributed by atoms with E-state index in [9.17, 15) is 9.59 Å². The van der Waals surface area contributed by atoms with Crippen LogP contribution in [0.2, 0.25) is 0 Å². The summed E-state index contributed by atoms with van der Waals surface area (Å²) >= 11 is 0. The Morgan fingerprint density at radius 1 is 1.00 bits per heavy atom. The standard InChI is InChI=1S/C29H32N4O2/c1-5-18-32(29(35)31-24-16-9-7-13-21(24)4)26(6-2)27-30-25-17-10-8-15-23(25)28(34)33(27)22-14-11-12-20(3)19-22/h7-17,19,26H,5-6,18H2,1-4H3,(H,31,35). The topological polar surface area (TPSA) is 67.2 Å². The first-order valence-electron chi connectivity index (χ1n) is 12.2. The van der Waals surface area contributed by atoms with Crippen LogP contribution in [0.25, 0.3) is 16.6 Å². The second-order valence-corrected chi connectivity index (χ2v) is 8.83. The number of benzene rings is 3. The molecule has 0 aliphatic rings. The quantitative estimate of drug-likeness (QED) is 0.341. The molecule has 4 rings (SSSR count). The molecule has 1 unspecified atom stereocenters. The van der Waals surface area contributed by atoms with Gasteiger partial charge in [0.1, 0.15) is 5.82 Å².